The van der Waals surface area contributed by atoms with Crippen LogP contribution in [0.5, 0.6) is 0 Å². The van der Waals surface area contributed by atoms with E-state index in [-0.39, 0.29) is 0 Å². The summed E-state index contributed by atoms with van der Waals surface area (Å²) in [6.07, 6.45) is 3.17. The molecule has 0 spiro atoms. The fourth-order valence-electron chi connectivity index (χ4n) is 4.45. The van der Waals surface area contributed by atoms with E-state index >= 15 is 0 Å². The van der Waals surface area contributed by atoms with E-state index in [0.29, 0.717) is 11.1 Å². The molecule has 0 amide bonds. The van der Waals surface area contributed by atoms with E-state index in [1.54, 1.807) is 12.1 Å². The van der Waals surface area contributed by atoms with E-state index < -0.39 is 5.97 Å². The molecule has 6 heteroatoms. The molecule has 31 heavy (non-hydrogen) atoms. The monoisotopic (exact) mass is 416 g/mol. The highest BCUT2D eigenvalue weighted by atomic mass is 16.4. The number of hydrogen-bond donors (Lipinski definition) is 2. The van der Waals surface area contributed by atoms with Crippen molar-refractivity contribution in [3.63, 3.8) is 0 Å². The fourth-order valence-corrected chi connectivity index (χ4v) is 4.45. The smallest absolute Gasteiger partial charge is 0.335 e. The minimum absolute atomic E-state index is 0.341. The lowest BCUT2D eigenvalue weighted by Crippen LogP contribution is -2.46. The van der Waals surface area contributed by atoms with E-state index in [9.17, 15) is 9.90 Å². The molecular weight excluding hydrogens is 388 g/mol. The average molecular weight is 417 g/mol. The molecule has 1 aliphatic rings. The van der Waals surface area contributed by atoms with Gasteiger partial charge >= 0.3 is 5.97 Å². The van der Waals surface area contributed by atoms with E-state index in [0.717, 1.165) is 68.6 Å². The topological polar surface area (TPSA) is 83.4 Å². The zero-order valence-electron chi connectivity index (χ0n) is 17.9. The summed E-state index contributed by atoms with van der Waals surface area (Å²) >= 11 is 0. The van der Waals surface area contributed by atoms with Crippen molar-refractivity contribution in [1.82, 2.24) is 9.88 Å². The number of nitriles is 1. The molecule has 0 bridgehead atoms. The van der Waals surface area contributed by atoms with Crippen molar-refractivity contribution in [2.75, 3.05) is 37.6 Å². The Morgan fingerprint density at radius 3 is 2.52 bits per heavy atom. The number of carboxylic acids is 1. The molecule has 0 unspecified atom stereocenters. The van der Waals surface area contributed by atoms with Gasteiger partial charge in [0.05, 0.1) is 17.2 Å². The number of nitrogens with zero attached hydrogens (tertiary/aromatic N) is 3. The van der Waals surface area contributed by atoms with Crippen LogP contribution in [-0.2, 0) is 6.42 Å². The molecule has 1 saturated heterocycles. The van der Waals surface area contributed by atoms with Crippen molar-refractivity contribution in [3.05, 3.63) is 64.8 Å². The molecule has 0 atom stereocenters. The van der Waals surface area contributed by atoms with Crippen LogP contribution < -0.4 is 4.90 Å². The molecule has 6 nitrogen and oxygen atoms in total. The Bertz CT molecular complexity index is 1100. The lowest BCUT2D eigenvalue weighted by Gasteiger charge is -2.36. The van der Waals surface area contributed by atoms with Gasteiger partial charge in [-0.3, -0.25) is 4.90 Å². The van der Waals surface area contributed by atoms with E-state index in [2.05, 4.69) is 27.8 Å². The zero-order valence-corrected chi connectivity index (χ0v) is 17.9. The van der Waals surface area contributed by atoms with Crippen LogP contribution in [0.1, 0.15) is 40.0 Å². The first-order chi connectivity index (χ1) is 15.0. The zero-order chi connectivity index (χ0) is 21.8. The molecule has 3 aromatic rings. The number of aromatic nitrogens is 1. The number of carbonyl (C=O) groups is 1. The lowest BCUT2D eigenvalue weighted by atomic mass is 10.0. The minimum atomic E-state index is -0.883. The van der Waals surface area contributed by atoms with Crippen molar-refractivity contribution >= 4 is 22.6 Å². The number of unbranched alkanes of at least 4 members (excludes halogenated alkanes) is 1. The maximum Gasteiger partial charge on any atom is 0.335 e. The van der Waals surface area contributed by atoms with Gasteiger partial charge in [-0.25, -0.2) is 4.79 Å². The Kier molecular flexibility index (Phi) is 6.24. The predicted octanol–water partition coefficient (Wildman–Crippen LogP) is 4.19. The van der Waals surface area contributed by atoms with Crippen LogP contribution in [0.25, 0.3) is 10.9 Å². The van der Waals surface area contributed by atoms with Crippen molar-refractivity contribution in [2.45, 2.75) is 26.2 Å². The molecule has 0 saturated carbocycles. The number of carboxylic acid groups (broad SMARTS) is 1. The lowest BCUT2D eigenvalue weighted by molar-refractivity contribution is 0.0697. The van der Waals surface area contributed by atoms with Crippen LogP contribution in [0.2, 0.25) is 0 Å². The summed E-state index contributed by atoms with van der Waals surface area (Å²) in [6, 6.07) is 15.3. The van der Waals surface area contributed by atoms with Gasteiger partial charge < -0.3 is 15.0 Å². The van der Waals surface area contributed by atoms with Gasteiger partial charge in [0, 0.05) is 48.5 Å². The molecule has 2 N–H and O–H groups in total. The Morgan fingerprint density at radius 1 is 1.10 bits per heavy atom. The first-order valence-corrected chi connectivity index (χ1v) is 10.9. The summed E-state index contributed by atoms with van der Waals surface area (Å²) in [6.45, 7) is 7.26. The van der Waals surface area contributed by atoms with Crippen LogP contribution in [0, 0.1) is 18.3 Å². The summed E-state index contributed by atoms with van der Waals surface area (Å²) in [7, 11) is 0. The molecule has 1 aliphatic heterocycles. The molecule has 1 aromatic heterocycles. The van der Waals surface area contributed by atoms with Crippen LogP contribution in [0.3, 0.4) is 0 Å². The first kappa shape index (κ1) is 21.0. The number of aromatic amines is 1. The molecule has 1 fully saturated rings. The molecule has 0 radical (unpaired) electrons. The van der Waals surface area contributed by atoms with Crippen molar-refractivity contribution < 1.29 is 9.90 Å². The second-order valence-electron chi connectivity index (χ2n) is 8.24. The van der Waals surface area contributed by atoms with Gasteiger partial charge in [-0.15, -0.1) is 0 Å². The fraction of sp³-hybridized carbons (Fsp3) is 0.360. The van der Waals surface area contributed by atoms with E-state index in [1.165, 1.54) is 11.3 Å². The van der Waals surface area contributed by atoms with Gasteiger partial charge in [0.25, 0.3) is 0 Å². The Balaban J connectivity index is 1.26. The summed E-state index contributed by atoms with van der Waals surface area (Å²) in [4.78, 5) is 19.6. The molecule has 160 valence electrons. The van der Waals surface area contributed by atoms with Crippen molar-refractivity contribution in [2.24, 2.45) is 0 Å². The van der Waals surface area contributed by atoms with E-state index in [1.807, 2.05) is 30.3 Å². The number of H-pyrrole nitrogens is 1. The summed E-state index contributed by atoms with van der Waals surface area (Å²) < 4.78 is 0. The second-order valence-corrected chi connectivity index (χ2v) is 8.24. The SMILES string of the molecule is Cc1[nH]c2ccc(C(=O)O)cc2c1CCCCN1CCN(c2ccc(C#N)cc2)CC1. The highest BCUT2D eigenvalue weighted by Crippen LogP contribution is 2.25. The Labute approximate surface area is 182 Å². The third-order valence-corrected chi connectivity index (χ3v) is 6.25. The third-order valence-electron chi connectivity index (χ3n) is 6.25. The molecular formula is C25H28N4O2. The highest BCUT2D eigenvalue weighted by molar-refractivity contribution is 5.95. The summed E-state index contributed by atoms with van der Waals surface area (Å²) in [5, 5.41) is 19.3. The van der Waals surface area contributed by atoms with Gasteiger partial charge in [0.1, 0.15) is 0 Å². The standard InChI is InChI=1S/C25H28N4O2/c1-18-22(23-16-20(25(30)31)7-10-24(23)27-18)4-2-3-11-28-12-14-29(15-13-28)21-8-5-19(17-26)6-9-21/h5-10,16,27H,2-4,11-15H2,1H3,(H,30,31). The van der Waals surface area contributed by atoms with Crippen LogP contribution in [-0.4, -0.2) is 53.7 Å². The van der Waals surface area contributed by atoms with Crippen LogP contribution >= 0.6 is 0 Å². The number of rotatable bonds is 7. The number of aryl methyl sites for hydroxylation is 2. The molecule has 2 heterocycles. The van der Waals surface area contributed by atoms with Gasteiger partial charge in [-0.05, 0) is 80.8 Å². The number of hydrogen-bond acceptors (Lipinski definition) is 4. The highest BCUT2D eigenvalue weighted by Gasteiger charge is 2.17. The van der Waals surface area contributed by atoms with Crippen LogP contribution in [0.4, 0.5) is 5.69 Å². The van der Waals surface area contributed by atoms with Crippen molar-refractivity contribution in [1.29, 1.82) is 5.26 Å². The molecule has 0 aliphatic carbocycles. The predicted molar refractivity (Wildman–Crippen MR) is 123 cm³/mol. The van der Waals surface area contributed by atoms with E-state index in [4.69, 9.17) is 5.26 Å². The number of piperazine rings is 1. The summed E-state index contributed by atoms with van der Waals surface area (Å²) in [5.41, 5.74) is 5.61. The third kappa shape index (κ3) is 4.73. The Hall–Kier alpha value is -3.30. The normalized spacial score (nSPS) is 14.6. The van der Waals surface area contributed by atoms with Gasteiger partial charge in [0.2, 0.25) is 0 Å². The molecule has 4 rings (SSSR count). The molecule has 2 aromatic carbocycles. The average Bonchev–Trinajstić information content (AvgIpc) is 3.11. The summed E-state index contributed by atoms with van der Waals surface area (Å²) in [5.74, 6) is -0.883. The quantitative estimate of drug-likeness (QED) is 0.564. The number of aromatic carboxylic acids is 1. The number of anilines is 1. The first-order valence-electron chi connectivity index (χ1n) is 10.9. The number of nitrogens with one attached hydrogen (secondary N) is 1. The Morgan fingerprint density at radius 2 is 1.84 bits per heavy atom. The maximum absolute atomic E-state index is 11.3. The number of benzene rings is 2. The minimum Gasteiger partial charge on any atom is -0.478 e. The maximum atomic E-state index is 11.3. The second kappa shape index (κ2) is 9.23. The van der Waals surface area contributed by atoms with Gasteiger partial charge in [0.15, 0.2) is 0 Å². The van der Waals surface area contributed by atoms with Gasteiger partial charge in [-0.1, -0.05) is 0 Å². The van der Waals surface area contributed by atoms with Crippen molar-refractivity contribution in [3.8, 4) is 6.07 Å². The van der Waals surface area contributed by atoms with Gasteiger partial charge in [-0.2, -0.15) is 5.26 Å². The largest absolute Gasteiger partial charge is 0.478 e. The number of fused-ring (bicyclic) bond motifs is 1. The van der Waals surface area contributed by atoms with Crippen LogP contribution in [0.15, 0.2) is 42.5 Å².